The number of anilines is 1. The largest absolute Gasteiger partial charge is 0.474 e. The molecule has 2 heterocycles. The Hall–Kier alpha value is -1.92. The number of aromatic nitrogens is 1. The second kappa shape index (κ2) is 8.85. The maximum Gasteiger partial charge on any atom is 0.241 e. The number of carbonyl (C=O) groups excluding carboxylic acids is 1. The van der Waals surface area contributed by atoms with Crippen molar-refractivity contribution in [3.8, 4) is 5.88 Å². The van der Waals surface area contributed by atoms with Crippen molar-refractivity contribution in [1.29, 1.82) is 0 Å². The van der Waals surface area contributed by atoms with Crippen LogP contribution < -0.4 is 10.1 Å². The fourth-order valence-electron chi connectivity index (χ4n) is 3.20. The first-order valence-electron chi connectivity index (χ1n) is 9.33. The van der Waals surface area contributed by atoms with Gasteiger partial charge in [0, 0.05) is 29.8 Å². The molecule has 0 unspecified atom stereocenters. The highest BCUT2D eigenvalue weighted by Gasteiger charge is 2.27. The highest BCUT2D eigenvalue weighted by Crippen LogP contribution is 2.24. The molecule has 6 heteroatoms. The van der Waals surface area contributed by atoms with Gasteiger partial charge in [0.15, 0.2) is 0 Å². The second-order valence-corrected chi connectivity index (χ2v) is 8.03. The van der Waals surface area contributed by atoms with Gasteiger partial charge in [-0.15, -0.1) is 0 Å². The number of carbonyl (C=O) groups is 1. The first kappa shape index (κ1) is 19.8. The van der Waals surface area contributed by atoms with Crippen molar-refractivity contribution in [3.05, 3.63) is 52.1 Å². The molecule has 1 saturated heterocycles. The van der Waals surface area contributed by atoms with E-state index < -0.39 is 0 Å². The van der Waals surface area contributed by atoms with Gasteiger partial charge >= 0.3 is 0 Å². The van der Waals surface area contributed by atoms with Crippen LogP contribution >= 0.6 is 15.9 Å². The molecule has 1 aromatic carbocycles. The van der Waals surface area contributed by atoms with E-state index in [2.05, 4.69) is 31.1 Å². The van der Waals surface area contributed by atoms with E-state index in [0.29, 0.717) is 5.88 Å². The highest BCUT2D eigenvalue weighted by atomic mass is 79.9. The van der Waals surface area contributed by atoms with Crippen LogP contribution in [0, 0.1) is 13.8 Å². The maximum atomic E-state index is 12.6. The Morgan fingerprint density at radius 2 is 1.93 bits per heavy atom. The van der Waals surface area contributed by atoms with Gasteiger partial charge in [0.2, 0.25) is 11.8 Å². The molecule has 1 N–H and O–H groups in total. The fourth-order valence-corrected chi connectivity index (χ4v) is 3.79. The zero-order chi connectivity index (χ0) is 19.4. The topological polar surface area (TPSA) is 54.5 Å². The van der Waals surface area contributed by atoms with Crippen molar-refractivity contribution >= 4 is 27.5 Å². The summed E-state index contributed by atoms with van der Waals surface area (Å²) in [5.41, 5.74) is 3.08. The van der Waals surface area contributed by atoms with Crippen LogP contribution in [0.1, 0.15) is 30.9 Å². The van der Waals surface area contributed by atoms with E-state index in [9.17, 15) is 4.79 Å². The van der Waals surface area contributed by atoms with Crippen LogP contribution in [0.25, 0.3) is 0 Å². The summed E-state index contributed by atoms with van der Waals surface area (Å²) >= 11 is 3.51. The summed E-state index contributed by atoms with van der Waals surface area (Å²) in [6.45, 7) is 7.66. The number of amides is 1. The lowest BCUT2D eigenvalue weighted by Crippen LogP contribution is -2.47. The number of rotatable bonds is 5. The van der Waals surface area contributed by atoms with E-state index in [4.69, 9.17) is 4.74 Å². The first-order valence-corrected chi connectivity index (χ1v) is 10.1. The van der Waals surface area contributed by atoms with Gasteiger partial charge in [0.1, 0.15) is 6.10 Å². The van der Waals surface area contributed by atoms with Crippen LogP contribution in [0.4, 0.5) is 5.69 Å². The molecule has 1 aliphatic rings. The van der Waals surface area contributed by atoms with Gasteiger partial charge < -0.3 is 10.1 Å². The quantitative estimate of drug-likeness (QED) is 0.764. The molecule has 0 aliphatic carbocycles. The molecule has 3 rings (SSSR count). The number of hydrogen-bond donors (Lipinski definition) is 1. The molecule has 2 aromatic rings. The second-order valence-electron chi connectivity index (χ2n) is 7.18. The third kappa shape index (κ3) is 5.30. The Morgan fingerprint density at radius 1 is 1.22 bits per heavy atom. The SMILES string of the molecule is Cc1ccc(OC2CCN([C@H](C)C(=O)Nc3ccc(C)cc3Br)CC2)nc1. The lowest BCUT2D eigenvalue weighted by atomic mass is 10.1. The predicted molar refractivity (Wildman–Crippen MR) is 111 cm³/mol. The fraction of sp³-hybridized carbons (Fsp3) is 0.429. The van der Waals surface area contributed by atoms with E-state index in [0.717, 1.165) is 47.2 Å². The summed E-state index contributed by atoms with van der Waals surface area (Å²) < 4.78 is 6.88. The Bertz CT molecular complexity index is 787. The minimum Gasteiger partial charge on any atom is -0.474 e. The molecule has 144 valence electrons. The zero-order valence-electron chi connectivity index (χ0n) is 16.0. The van der Waals surface area contributed by atoms with Gasteiger partial charge in [-0.2, -0.15) is 0 Å². The molecular weight excluding hydrogens is 406 g/mol. The molecule has 1 aromatic heterocycles. The number of ether oxygens (including phenoxy) is 1. The van der Waals surface area contributed by atoms with E-state index in [1.54, 1.807) is 0 Å². The Labute approximate surface area is 169 Å². The Morgan fingerprint density at radius 3 is 2.56 bits per heavy atom. The molecule has 1 amide bonds. The monoisotopic (exact) mass is 431 g/mol. The molecule has 27 heavy (non-hydrogen) atoms. The molecule has 0 radical (unpaired) electrons. The Kier molecular flexibility index (Phi) is 6.50. The van der Waals surface area contributed by atoms with E-state index >= 15 is 0 Å². The van der Waals surface area contributed by atoms with Crippen LogP contribution in [0.15, 0.2) is 41.0 Å². The summed E-state index contributed by atoms with van der Waals surface area (Å²) in [7, 11) is 0. The number of pyridine rings is 1. The van der Waals surface area contributed by atoms with Crippen LogP contribution in [-0.4, -0.2) is 41.0 Å². The van der Waals surface area contributed by atoms with Crippen LogP contribution in [0.2, 0.25) is 0 Å². The third-order valence-corrected chi connectivity index (χ3v) is 5.61. The number of nitrogens with one attached hydrogen (secondary N) is 1. The van der Waals surface area contributed by atoms with Crippen molar-refractivity contribution in [3.63, 3.8) is 0 Å². The smallest absolute Gasteiger partial charge is 0.241 e. The highest BCUT2D eigenvalue weighted by molar-refractivity contribution is 9.10. The third-order valence-electron chi connectivity index (χ3n) is 4.96. The van der Waals surface area contributed by atoms with Crippen molar-refractivity contribution in [2.45, 2.75) is 45.8 Å². The molecule has 1 aliphatic heterocycles. The minimum absolute atomic E-state index is 0.0131. The summed E-state index contributed by atoms with van der Waals surface area (Å²) in [5.74, 6) is 0.688. The van der Waals surface area contributed by atoms with Crippen LogP contribution in [0.5, 0.6) is 5.88 Å². The number of aryl methyl sites for hydroxylation is 2. The molecule has 1 atom stereocenters. The molecule has 1 fully saturated rings. The summed E-state index contributed by atoms with van der Waals surface area (Å²) in [6.07, 6.45) is 3.75. The predicted octanol–water partition coefficient (Wildman–Crippen LogP) is 4.33. The number of nitrogens with zero attached hydrogens (tertiary/aromatic N) is 2. The van der Waals surface area contributed by atoms with Gasteiger partial charge in [-0.1, -0.05) is 12.1 Å². The van der Waals surface area contributed by atoms with Gasteiger partial charge in [0.25, 0.3) is 0 Å². The molecule has 0 spiro atoms. The summed E-state index contributed by atoms with van der Waals surface area (Å²) in [5, 5.41) is 3.02. The molecule has 0 bridgehead atoms. The number of piperidine rings is 1. The Balaban J connectivity index is 1.50. The van der Waals surface area contributed by atoms with Gasteiger partial charge in [0.05, 0.1) is 11.7 Å². The summed E-state index contributed by atoms with van der Waals surface area (Å²) in [4.78, 5) is 19.2. The van der Waals surface area contributed by atoms with Crippen LogP contribution in [-0.2, 0) is 4.79 Å². The number of benzene rings is 1. The first-order chi connectivity index (χ1) is 12.9. The normalized spacial score (nSPS) is 16.7. The zero-order valence-corrected chi connectivity index (χ0v) is 17.6. The summed E-state index contributed by atoms with van der Waals surface area (Å²) in [6, 6.07) is 9.66. The molecule has 5 nitrogen and oxygen atoms in total. The van der Waals surface area contributed by atoms with Crippen molar-refractivity contribution in [1.82, 2.24) is 9.88 Å². The lowest BCUT2D eigenvalue weighted by Gasteiger charge is -2.35. The van der Waals surface area contributed by atoms with Gasteiger partial charge in [-0.25, -0.2) is 4.98 Å². The number of halogens is 1. The number of likely N-dealkylation sites (tertiary alicyclic amines) is 1. The standard InChI is InChI=1S/C21H26BrN3O2/c1-14-4-6-19(18(22)12-14)24-21(26)16(3)25-10-8-17(9-11-25)27-20-7-5-15(2)13-23-20/h4-7,12-13,16-17H,8-11H2,1-3H3,(H,24,26)/t16-/m1/s1. The molecule has 0 saturated carbocycles. The van der Waals surface area contributed by atoms with Gasteiger partial charge in [-0.3, -0.25) is 9.69 Å². The molecular formula is C21H26BrN3O2. The van der Waals surface area contributed by atoms with Crippen LogP contribution in [0.3, 0.4) is 0 Å². The van der Waals surface area contributed by atoms with E-state index in [1.165, 1.54) is 0 Å². The lowest BCUT2D eigenvalue weighted by molar-refractivity contribution is -0.121. The van der Waals surface area contributed by atoms with Crippen molar-refractivity contribution < 1.29 is 9.53 Å². The van der Waals surface area contributed by atoms with E-state index in [-0.39, 0.29) is 18.1 Å². The number of hydrogen-bond acceptors (Lipinski definition) is 4. The van der Waals surface area contributed by atoms with Crippen molar-refractivity contribution in [2.75, 3.05) is 18.4 Å². The maximum absolute atomic E-state index is 12.6. The van der Waals surface area contributed by atoms with Crippen molar-refractivity contribution in [2.24, 2.45) is 0 Å². The van der Waals surface area contributed by atoms with Gasteiger partial charge in [-0.05, 0) is 72.8 Å². The average molecular weight is 432 g/mol. The van der Waals surface area contributed by atoms with E-state index in [1.807, 2.05) is 57.3 Å². The minimum atomic E-state index is -0.184. The average Bonchev–Trinajstić information content (AvgIpc) is 2.66.